The Morgan fingerprint density at radius 1 is 1.14 bits per heavy atom. The van der Waals surface area contributed by atoms with Crippen LogP contribution >= 0.6 is 0 Å². The lowest BCUT2D eigenvalue weighted by molar-refractivity contribution is -0.121. The number of hydrogen-bond donors (Lipinski definition) is 1. The molecule has 6 nitrogen and oxygen atoms in total. The molecule has 2 atom stereocenters. The molecule has 0 aliphatic carbocycles. The van der Waals surface area contributed by atoms with Gasteiger partial charge in [-0.1, -0.05) is 6.07 Å². The van der Waals surface area contributed by atoms with Gasteiger partial charge in [-0.05, 0) is 68.3 Å². The van der Waals surface area contributed by atoms with Crippen molar-refractivity contribution in [1.82, 2.24) is 4.90 Å². The van der Waals surface area contributed by atoms with Crippen LogP contribution < -0.4 is 14.8 Å². The normalized spacial score (nSPS) is 19.8. The number of carbonyl (C=O) groups is 1. The third kappa shape index (κ3) is 4.20. The van der Waals surface area contributed by atoms with Crippen LogP contribution in [-0.4, -0.2) is 36.6 Å². The van der Waals surface area contributed by atoms with Crippen LogP contribution in [-0.2, 0) is 4.79 Å². The predicted octanol–water partition coefficient (Wildman–Crippen LogP) is 3.88. The first-order valence-electron chi connectivity index (χ1n) is 10.1. The molecule has 2 aliphatic heterocycles. The highest BCUT2D eigenvalue weighted by molar-refractivity contribution is 5.94. The quantitative estimate of drug-likeness (QED) is 0.856. The van der Waals surface area contributed by atoms with Gasteiger partial charge in [-0.25, -0.2) is 0 Å². The largest absolute Gasteiger partial charge is 0.490 e. The zero-order valence-electron chi connectivity index (χ0n) is 16.6. The fraction of sp³-hybridized carbons (Fsp3) is 0.391. The van der Waals surface area contributed by atoms with Gasteiger partial charge in [0, 0.05) is 18.2 Å². The lowest BCUT2D eigenvalue weighted by Gasteiger charge is -2.30. The maximum absolute atomic E-state index is 12.8. The molecular formula is C23H25N3O3. The van der Waals surface area contributed by atoms with E-state index in [1.807, 2.05) is 13.0 Å². The Hall–Kier alpha value is -3.04. The van der Waals surface area contributed by atoms with Gasteiger partial charge in [0.05, 0.1) is 30.9 Å². The van der Waals surface area contributed by atoms with Crippen LogP contribution in [0.4, 0.5) is 5.69 Å². The van der Waals surface area contributed by atoms with Gasteiger partial charge in [-0.3, -0.25) is 9.69 Å². The topological polar surface area (TPSA) is 74.6 Å². The SMILES string of the molecule is C[C@@H](C(=O)Nc1ccc(C#N)cc1)N1CCC[C@@H]1c1ccc2c(c1)OCCCO2. The number of carbonyl (C=O) groups excluding carboxylic acids is 1. The fourth-order valence-electron chi connectivity index (χ4n) is 4.02. The van der Waals surface area contributed by atoms with Gasteiger partial charge in [0.15, 0.2) is 11.5 Å². The smallest absolute Gasteiger partial charge is 0.241 e. The molecule has 0 radical (unpaired) electrons. The maximum Gasteiger partial charge on any atom is 0.241 e. The van der Waals surface area contributed by atoms with Crippen molar-refractivity contribution in [2.75, 3.05) is 25.1 Å². The molecule has 0 unspecified atom stereocenters. The van der Waals surface area contributed by atoms with Crippen molar-refractivity contribution in [2.24, 2.45) is 0 Å². The molecule has 0 spiro atoms. The zero-order chi connectivity index (χ0) is 20.2. The van der Waals surface area contributed by atoms with Gasteiger partial charge in [-0.2, -0.15) is 5.26 Å². The Morgan fingerprint density at radius 3 is 2.66 bits per heavy atom. The highest BCUT2D eigenvalue weighted by Crippen LogP contribution is 2.38. The molecular weight excluding hydrogens is 366 g/mol. The average molecular weight is 391 g/mol. The van der Waals surface area contributed by atoms with Gasteiger partial charge in [0.1, 0.15) is 0 Å². The molecule has 29 heavy (non-hydrogen) atoms. The minimum absolute atomic E-state index is 0.0454. The van der Waals surface area contributed by atoms with E-state index in [4.69, 9.17) is 14.7 Å². The van der Waals surface area contributed by atoms with Gasteiger partial charge in [-0.15, -0.1) is 0 Å². The first kappa shape index (κ1) is 19.3. The molecule has 0 bridgehead atoms. The predicted molar refractivity (Wildman–Crippen MR) is 110 cm³/mol. The second-order valence-corrected chi connectivity index (χ2v) is 7.51. The van der Waals surface area contributed by atoms with Crippen LogP contribution in [0.2, 0.25) is 0 Å². The van der Waals surface area contributed by atoms with E-state index < -0.39 is 0 Å². The van der Waals surface area contributed by atoms with Gasteiger partial charge in [0.2, 0.25) is 5.91 Å². The molecule has 1 N–H and O–H groups in total. The molecule has 2 aliphatic rings. The third-order valence-corrected chi connectivity index (χ3v) is 5.61. The standard InChI is InChI=1S/C23H25N3O3/c1-16(23(27)25-19-8-5-17(15-24)6-9-19)26-11-2-4-20(26)18-7-10-21-22(14-18)29-13-3-12-28-21/h5-10,14,16,20H,2-4,11-13H2,1H3,(H,25,27)/t16-,20+/m0/s1. The number of nitrogens with one attached hydrogen (secondary N) is 1. The van der Waals surface area contributed by atoms with E-state index in [9.17, 15) is 4.79 Å². The maximum atomic E-state index is 12.8. The van der Waals surface area contributed by atoms with Crippen LogP contribution in [0.5, 0.6) is 11.5 Å². The highest BCUT2D eigenvalue weighted by Gasteiger charge is 2.33. The summed E-state index contributed by atoms with van der Waals surface area (Å²) in [5.41, 5.74) is 2.43. The summed E-state index contributed by atoms with van der Waals surface area (Å²) in [6.07, 6.45) is 2.94. The van der Waals surface area contributed by atoms with Crippen LogP contribution in [0.1, 0.15) is 43.4 Å². The highest BCUT2D eigenvalue weighted by atomic mass is 16.5. The number of benzene rings is 2. The Labute approximate surface area is 171 Å². The van der Waals surface area contributed by atoms with Crippen molar-refractivity contribution in [2.45, 2.75) is 38.3 Å². The summed E-state index contributed by atoms with van der Waals surface area (Å²) >= 11 is 0. The van der Waals surface area contributed by atoms with Crippen molar-refractivity contribution in [1.29, 1.82) is 5.26 Å². The summed E-state index contributed by atoms with van der Waals surface area (Å²) in [5, 5.41) is 11.9. The Morgan fingerprint density at radius 2 is 1.90 bits per heavy atom. The van der Waals surface area contributed by atoms with E-state index in [1.54, 1.807) is 24.3 Å². The molecule has 2 heterocycles. The van der Waals surface area contributed by atoms with Crippen LogP contribution in [0.3, 0.4) is 0 Å². The summed E-state index contributed by atoms with van der Waals surface area (Å²) in [6, 6.07) is 15.0. The number of ether oxygens (including phenoxy) is 2. The molecule has 4 rings (SSSR count). The number of hydrogen-bond acceptors (Lipinski definition) is 5. The molecule has 2 aromatic rings. The lowest BCUT2D eigenvalue weighted by Crippen LogP contribution is -2.41. The van der Waals surface area contributed by atoms with E-state index in [0.29, 0.717) is 24.5 Å². The van der Waals surface area contributed by atoms with E-state index in [-0.39, 0.29) is 18.0 Å². The molecule has 150 valence electrons. The Kier molecular flexibility index (Phi) is 5.68. The molecule has 1 saturated heterocycles. The monoisotopic (exact) mass is 391 g/mol. The average Bonchev–Trinajstić information content (AvgIpc) is 3.12. The summed E-state index contributed by atoms with van der Waals surface area (Å²) in [7, 11) is 0. The first-order valence-corrected chi connectivity index (χ1v) is 10.1. The zero-order valence-corrected chi connectivity index (χ0v) is 16.6. The third-order valence-electron chi connectivity index (χ3n) is 5.61. The number of nitrogens with zero attached hydrogens (tertiary/aromatic N) is 2. The minimum atomic E-state index is -0.269. The first-order chi connectivity index (χ1) is 14.2. The number of nitriles is 1. The molecule has 1 amide bonds. The molecule has 1 fully saturated rings. The lowest BCUT2D eigenvalue weighted by atomic mass is 10.0. The number of rotatable bonds is 4. The fourth-order valence-corrected chi connectivity index (χ4v) is 4.02. The summed E-state index contributed by atoms with van der Waals surface area (Å²) in [6.45, 7) is 4.16. The van der Waals surface area contributed by atoms with Crippen molar-refractivity contribution >= 4 is 11.6 Å². The second-order valence-electron chi connectivity index (χ2n) is 7.51. The van der Waals surface area contributed by atoms with Crippen molar-refractivity contribution < 1.29 is 14.3 Å². The molecule has 0 saturated carbocycles. The summed E-state index contributed by atoms with van der Waals surface area (Å²) in [5.74, 6) is 1.54. The van der Waals surface area contributed by atoms with Crippen molar-refractivity contribution in [3.63, 3.8) is 0 Å². The van der Waals surface area contributed by atoms with E-state index in [0.717, 1.165) is 42.9 Å². The number of amides is 1. The Balaban J connectivity index is 1.48. The van der Waals surface area contributed by atoms with E-state index >= 15 is 0 Å². The van der Waals surface area contributed by atoms with Crippen molar-refractivity contribution in [3.05, 3.63) is 53.6 Å². The van der Waals surface area contributed by atoms with Crippen LogP contribution in [0.15, 0.2) is 42.5 Å². The Bertz CT molecular complexity index is 920. The van der Waals surface area contributed by atoms with Gasteiger partial charge in [0.25, 0.3) is 0 Å². The number of anilines is 1. The van der Waals surface area contributed by atoms with Crippen LogP contribution in [0, 0.1) is 11.3 Å². The molecule has 0 aromatic heterocycles. The molecule has 2 aromatic carbocycles. The number of likely N-dealkylation sites (tertiary alicyclic amines) is 1. The van der Waals surface area contributed by atoms with E-state index in [2.05, 4.69) is 28.4 Å². The van der Waals surface area contributed by atoms with Gasteiger partial charge < -0.3 is 14.8 Å². The summed E-state index contributed by atoms with van der Waals surface area (Å²) < 4.78 is 11.6. The summed E-state index contributed by atoms with van der Waals surface area (Å²) in [4.78, 5) is 15.1. The van der Waals surface area contributed by atoms with Gasteiger partial charge >= 0.3 is 0 Å². The minimum Gasteiger partial charge on any atom is -0.490 e. The molecule has 6 heteroatoms. The number of fused-ring (bicyclic) bond motifs is 1. The van der Waals surface area contributed by atoms with E-state index in [1.165, 1.54) is 0 Å². The second kappa shape index (κ2) is 8.54. The van der Waals surface area contributed by atoms with Crippen LogP contribution in [0.25, 0.3) is 0 Å². The van der Waals surface area contributed by atoms with Crippen molar-refractivity contribution in [3.8, 4) is 17.6 Å².